The van der Waals surface area contributed by atoms with Crippen LogP contribution in [0.4, 0.5) is 5.69 Å². The topological polar surface area (TPSA) is 80.0 Å². The van der Waals surface area contributed by atoms with Crippen LogP contribution in [-0.4, -0.2) is 45.6 Å². The molecule has 1 aromatic carbocycles. The SMILES string of the molecule is CCCC(=O)OCCOCCOCCOc1ccccc1N. The van der Waals surface area contributed by atoms with Crippen LogP contribution >= 0.6 is 0 Å². The molecule has 124 valence electrons. The Balaban J connectivity index is 1.88. The molecular formula is C16H25NO5. The predicted octanol–water partition coefficient (Wildman–Crippen LogP) is 2.02. The summed E-state index contributed by atoms with van der Waals surface area (Å²) in [7, 11) is 0. The maximum absolute atomic E-state index is 11.1. The Morgan fingerprint density at radius 3 is 2.32 bits per heavy atom. The number of carbonyl (C=O) groups is 1. The molecule has 2 N–H and O–H groups in total. The van der Waals surface area contributed by atoms with Crippen molar-refractivity contribution in [1.82, 2.24) is 0 Å². The molecule has 0 saturated carbocycles. The van der Waals surface area contributed by atoms with Gasteiger partial charge in [-0.1, -0.05) is 19.1 Å². The minimum absolute atomic E-state index is 0.181. The largest absolute Gasteiger partial charge is 0.489 e. The maximum atomic E-state index is 11.1. The van der Waals surface area contributed by atoms with Crippen molar-refractivity contribution >= 4 is 11.7 Å². The summed E-state index contributed by atoms with van der Waals surface area (Å²) >= 11 is 0. The summed E-state index contributed by atoms with van der Waals surface area (Å²) in [6.07, 6.45) is 1.25. The summed E-state index contributed by atoms with van der Waals surface area (Å²) < 4.78 is 21.1. The third kappa shape index (κ3) is 8.49. The standard InChI is InChI=1S/C16H25NO5/c1-2-5-16(18)22-13-11-20-9-8-19-10-12-21-15-7-4-3-6-14(15)17/h3-4,6-7H,2,5,8-13,17H2,1H3. The Hall–Kier alpha value is -1.79. The zero-order valence-electron chi connectivity index (χ0n) is 13.1. The molecule has 0 amide bonds. The normalized spacial score (nSPS) is 10.4. The average Bonchev–Trinajstić information content (AvgIpc) is 2.51. The molecule has 6 heteroatoms. The summed E-state index contributed by atoms with van der Waals surface area (Å²) in [4.78, 5) is 11.1. The molecule has 0 aliphatic rings. The first kappa shape index (κ1) is 18.3. The van der Waals surface area contributed by atoms with E-state index in [9.17, 15) is 4.79 Å². The van der Waals surface area contributed by atoms with E-state index in [-0.39, 0.29) is 12.6 Å². The van der Waals surface area contributed by atoms with Crippen molar-refractivity contribution in [2.75, 3.05) is 45.4 Å². The lowest BCUT2D eigenvalue weighted by Crippen LogP contribution is -2.14. The lowest BCUT2D eigenvalue weighted by atomic mass is 10.3. The summed E-state index contributed by atoms with van der Waals surface area (Å²) in [6, 6.07) is 7.33. The summed E-state index contributed by atoms with van der Waals surface area (Å²) in [5.74, 6) is 0.482. The van der Waals surface area contributed by atoms with Gasteiger partial charge in [0, 0.05) is 6.42 Å². The fraction of sp³-hybridized carbons (Fsp3) is 0.562. The third-order valence-electron chi connectivity index (χ3n) is 2.72. The minimum Gasteiger partial charge on any atom is -0.489 e. The molecule has 0 aliphatic carbocycles. The minimum atomic E-state index is -0.181. The van der Waals surface area contributed by atoms with Gasteiger partial charge in [-0.3, -0.25) is 4.79 Å². The number of carbonyl (C=O) groups excluding carboxylic acids is 1. The van der Waals surface area contributed by atoms with E-state index in [0.29, 0.717) is 50.9 Å². The fourth-order valence-corrected chi connectivity index (χ4v) is 1.64. The van der Waals surface area contributed by atoms with Gasteiger partial charge in [-0.05, 0) is 18.6 Å². The molecule has 22 heavy (non-hydrogen) atoms. The van der Waals surface area contributed by atoms with Crippen molar-refractivity contribution in [1.29, 1.82) is 0 Å². The van der Waals surface area contributed by atoms with Crippen molar-refractivity contribution in [2.24, 2.45) is 0 Å². The van der Waals surface area contributed by atoms with Crippen LogP contribution in [0.1, 0.15) is 19.8 Å². The van der Waals surface area contributed by atoms with E-state index < -0.39 is 0 Å². The number of ether oxygens (including phenoxy) is 4. The van der Waals surface area contributed by atoms with E-state index >= 15 is 0 Å². The number of hydrogen-bond acceptors (Lipinski definition) is 6. The van der Waals surface area contributed by atoms with Crippen LogP contribution in [0.3, 0.4) is 0 Å². The highest BCUT2D eigenvalue weighted by molar-refractivity contribution is 5.69. The predicted molar refractivity (Wildman–Crippen MR) is 83.9 cm³/mol. The van der Waals surface area contributed by atoms with E-state index in [1.54, 1.807) is 6.07 Å². The zero-order valence-corrected chi connectivity index (χ0v) is 13.1. The van der Waals surface area contributed by atoms with Crippen LogP contribution in [0.2, 0.25) is 0 Å². The molecule has 0 unspecified atom stereocenters. The number of para-hydroxylation sites is 2. The van der Waals surface area contributed by atoms with E-state index in [2.05, 4.69) is 0 Å². The lowest BCUT2D eigenvalue weighted by molar-refractivity contribution is -0.145. The highest BCUT2D eigenvalue weighted by Gasteiger charge is 2.00. The highest BCUT2D eigenvalue weighted by atomic mass is 16.6. The van der Waals surface area contributed by atoms with Crippen molar-refractivity contribution < 1.29 is 23.7 Å². The second kappa shape index (κ2) is 11.8. The van der Waals surface area contributed by atoms with Crippen LogP contribution in [0.5, 0.6) is 5.75 Å². The Labute approximate surface area is 131 Å². The number of hydrogen-bond donors (Lipinski definition) is 1. The number of nitrogens with two attached hydrogens (primary N) is 1. The molecule has 1 rings (SSSR count). The van der Waals surface area contributed by atoms with Gasteiger partial charge in [0.25, 0.3) is 0 Å². The molecule has 0 heterocycles. The molecule has 0 atom stereocenters. The van der Waals surface area contributed by atoms with Gasteiger partial charge in [0.15, 0.2) is 0 Å². The first-order valence-electron chi connectivity index (χ1n) is 7.52. The summed E-state index contributed by atoms with van der Waals surface area (Å²) in [5, 5.41) is 0. The van der Waals surface area contributed by atoms with Crippen molar-refractivity contribution in [2.45, 2.75) is 19.8 Å². The molecule has 0 fully saturated rings. The van der Waals surface area contributed by atoms with Crippen molar-refractivity contribution in [3.8, 4) is 5.75 Å². The third-order valence-corrected chi connectivity index (χ3v) is 2.72. The second-order valence-electron chi connectivity index (χ2n) is 4.58. The number of anilines is 1. The van der Waals surface area contributed by atoms with Gasteiger partial charge in [-0.25, -0.2) is 0 Å². The average molecular weight is 311 g/mol. The quantitative estimate of drug-likeness (QED) is 0.361. The maximum Gasteiger partial charge on any atom is 0.305 e. The zero-order chi connectivity index (χ0) is 16.0. The molecule has 0 aromatic heterocycles. The van der Waals surface area contributed by atoms with Gasteiger partial charge in [0.05, 0.1) is 32.1 Å². The van der Waals surface area contributed by atoms with Crippen LogP contribution in [0.25, 0.3) is 0 Å². The van der Waals surface area contributed by atoms with E-state index in [0.717, 1.165) is 6.42 Å². The Bertz CT molecular complexity index is 425. The van der Waals surface area contributed by atoms with Crippen LogP contribution in [0.15, 0.2) is 24.3 Å². The van der Waals surface area contributed by atoms with Crippen LogP contribution in [0, 0.1) is 0 Å². The number of esters is 1. The second-order valence-corrected chi connectivity index (χ2v) is 4.58. The monoisotopic (exact) mass is 311 g/mol. The van der Waals surface area contributed by atoms with Gasteiger partial charge >= 0.3 is 5.97 Å². The van der Waals surface area contributed by atoms with Gasteiger partial charge in [0.1, 0.15) is 19.0 Å². The Morgan fingerprint density at radius 1 is 1.00 bits per heavy atom. The molecular weight excluding hydrogens is 286 g/mol. The molecule has 0 bridgehead atoms. The van der Waals surface area contributed by atoms with Crippen LogP contribution in [-0.2, 0) is 19.0 Å². The van der Waals surface area contributed by atoms with Gasteiger partial charge in [0.2, 0.25) is 0 Å². The first-order chi connectivity index (χ1) is 10.7. The van der Waals surface area contributed by atoms with Gasteiger partial charge < -0.3 is 24.7 Å². The highest BCUT2D eigenvalue weighted by Crippen LogP contribution is 2.19. The molecule has 6 nitrogen and oxygen atoms in total. The lowest BCUT2D eigenvalue weighted by Gasteiger charge is -2.09. The fourth-order valence-electron chi connectivity index (χ4n) is 1.64. The van der Waals surface area contributed by atoms with E-state index in [4.69, 9.17) is 24.7 Å². The number of benzene rings is 1. The van der Waals surface area contributed by atoms with Crippen LogP contribution < -0.4 is 10.5 Å². The molecule has 0 aliphatic heterocycles. The smallest absolute Gasteiger partial charge is 0.305 e. The van der Waals surface area contributed by atoms with Crippen molar-refractivity contribution in [3.63, 3.8) is 0 Å². The Morgan fingerprint density at radius 2 is 1.64 bits per heavy atom. The molecule has 0 radical (unpaired) electrons. The Kier molecular flexibility index (Phi) is 9.81. The van der Waals surface area contributed by atoms with Gasteiger partial charge in [-0.15, -0.1) is 0 Å². The summed E-state index contributed by atoms with van der Waals surface area (Å²) in [6.45, 7) is 4.43. The molecule has 0 spiro atoms. The molecule has 0 saturated heterocycles. The van der Waals surface area contributed by atoms with Crippen molar-refractivity contribution in [3.05, 3.63) is 24.3 Å². The number of nitrogen functional groups attached to an aromatic ring is 1. The molecule has 1 aromatic rings. The van der Waals surface area contributed by atoms with E-state index in [1.165, 1.54) is 0 Å². The van der Waals surface area contributed by atoms with E-state index in [1.807, 2.05) is 25.1 Å². The summed E-state index contributed by atoms with van der Waals surface area (Å²) in [5.41, 5.74) is 6.36. The first-order valence-corrected chi connectivity index (χ1v) is 7.52. The van der Waals surface area contributed by atoms with Gasteiger partial charge in [-0.2, -0.15) is 0 Å². The number of rotatable bonds is 12.